The predicted octanol–water partition coefficient (Wildman–Crippen LogP) is 25.4. The first-order valence-electron chi connectivity index (χ1n) is 48.2. The van der Waals surface area contributed by atoms with E-state index in [1.165, 1.54) is 161 Å². The van der Waals surface area contributed by atoms with Crippen molar-refractivity contribution in [2.45, 2.75) is 222 Å². The van der Waals surface area contributed by atoms with Gasteiger partial charge in [0.1, 0.15) is 57.4 Å². The number of nitrogens with zero attached hydrogens (tertiary/aromatic N) is 6. The van der Waals surface area contributed by atoms with Crippen LogP contribution in [0.1, 0.15) is 242 Å². The van der Waals surface area contributed by atoms with Crippen LogP contribution in [-0.2, 0) is 0 Å². The van der Waals surface area contributed by atoms with Crippen LogP contribution in [0, 0.1) is 222 Å². The number of rotatable bonds is 30. The zero-order valence-corrected chi connectivity index (χ0v) is 89.6. The molecule has 12 aromatic carbocycles. The molecule has 738 valence electrons. The Kier molecular flexibility index (Phi) is 45.7. The Morgan fingerprint density at radius 3 is 0.993 bits per heavy atom. The third-order valence-electron chi connectivity index (χ3n) is 26.5. The first kappa shape index (κ1) is 113. The van der Waals surface area contributed by atoms with Crippen molar-refractivity contribution in [2.24, 2.45) is 30.0 Å². The van der Waals surface area contributed by atoms with Gasteiger partial charge in [-0.1, -0.05) is 109 Å². The summed E-state index contributed by atoms with van der Waals surface area (Å²) in [6.45, 7) is 70.3. The van der Waals surface area contributed by atoms with Crippen molar-refractivity contribution in [3.63, 3.8) is 0 Å². The highest BCUT2D eigenvalue weighted by Crippen LogP contribution is 2.27. The topological polar surface area (TPSA) is 225 Å². The first-order valence-corrected chi connectivity index (χ1v) is 48.2. The number of carbonyl (C=O) groups is 3. The van der Waals surface area contributed by atoms with Gasteiger partial charge in [0.25, 0.3) is 17.7 Å². The molecule has 12 rings (SSSR count). The lowest BCUT2D eigenvalue weighted by molar-refractivity contribution is 0.0938. The Morgan fingerprint density at radius 1 is 0.221 bits per heavy atom. The Hall–Kier alpha value is -13.7. The number of aliphatic imine (C=N–C) groups is 6. The van der Waals surface area contributed by atoms with Crippen LogP contribution in [0.2, 0.25) is 0 Å². The molecule has 12 aromatic rings. The Labute approximate surface area is 837 Å². The summed E-state index contributed by atoms with van der Waals surface area (Å²) < 4.78 is 17.1. The summed E-state index contributed by atoms with van der Waals surface area (Å²) in [7, 11) is 0. The van der Waals surface area contributed by atoms with Crippen LogP contribution in [0.5, 0.6) is 17.2 Å². The van der Waals surface area contributed by atoms with E-state index in [-0.39, 0.29) is 17.7 Å². The lowest BCUT2D eigenvalue weighted by Gasteiger charge is -2.14. The molecule has 0 saturated heterocycles. The lowest BCUT2D eigenvalue weighted by atomic mass is 9.98. The van der Waals surface area contributed by atoms with Gasteiger partial charge in [0.2, 0.25) is 0 Å². The molecule has 0 radical (unpaired) electrons. The zero-order chi connectivity index (χ0) is 103. The van der Waals surface area contributed by atoms with Crippen molar-refractivity contribution in [2.75, 3.05) is 60.2 Å². The molecular weight excluding hydrogens is 1730 g/mol. The highest BCUT2D eigenvalue weighted by Gasteiger charge is 2.16. The second-order valence-electron chi connectivity index (χ2n) is 37.0. The summed E-state index contributed by atoms with van der Waals surface area (Å²) >= 11 is 0. The minimum atomic E-state index is -0.0909. The van der Waals surface area contributed by atoms with E-state index in [1.54, 1.807) is 0 Å². The van der Waals surface area contributed by atoms with E-state index < -0.39 is 0 Å². The zero-order valence-electron chi connectivity index (χ0n) is 89.6. The summed E-state index contributed by atoms with van der Waals surface area (Å²) in [5.74, 6) is 2.32. The van der Waals surface area contributed by atoms with Crippen molar-refractivity contribution in [1.82, 2.24) is 31.9 Å². The van der Waals surface area contributed by atoms with E-state index in [0.29, 0.717) is 65.8 Å². The molecule has 18 heteroatoms. The number of ether oxygens (including phenoxy) is 3. The van der Waals surface area contributed by atoms with Crippen molar-refractivity contribution < 1.29 is 28.6 Å². The average Bonchev–Trinajstić information content (AvgIpc) is 0.831. The summed E-state index contributed by atoms with van der Waals surface area (Å²) in [4.78, 5) is 63.1. The van der Waals surface area contributed by atoms with Crippen LogP contribution in [0.15, 0.2) is 200 Å². The normalized spacial score (nSPS) is 11.1. The summed E-state index contributed by atoms with van der Waals surface area (Å²) in [5.41, 5.74) is 48.6. The molecule has 0 fully saturated rings. The van der Waals surface area contributed by atoms with Gasteiger partial charge in [-0.2, -0.15) is 0 Å². The lowest BCUT2D eigenvalue weighted by Crippen LogP contribution is -2.36. The number of nitrogens with one attached hydrogen (secondary N) is 6. The molecule has 0 unspecified atom stereocenters. The van der Waals surface area contributed by atoms with Crippen molar-refractivity contribution >= 4 is 55.0 Å². The van der Waals surface area contributed by atoms with Crippen molar-refractivity contribution in [3.05, 3.63) is 398 Å². The molecular formula is C122H154N12O6. The standard InChI is InChI=1S/2C21H28N2O2.2C21H26N2.C19H24N2O2.C19H22N2/c1-13-7-17(5)19(9-15(13)3)21(24)23-11-22-12-25-20-10-16(4)14(2)8-18(20)6;1-13-7-9-19(17(5)15(13)3)21(24)23-11-22-12-25-20-10-8-14(2)16(4)18(20)6;1-14-7-18(5)20(9-16(14)3)11-22-13-23-12-21-10-17(4)15(2)8-19(21)6;1-14-7-9-20(18(5)16(14)3)11-22-13-23-12-21-10-8-15(2)17(4)19(21)6;1-13-5-7-17(9-15(13)3)19(22)21-11-20-12-23-18-8-6-14(2)16(4)10-18;1-14-5-7-18(9-16(14)3)11-20-13-21-12-19-8-6-15(2)17(4)10-19/h2*7-10,22H,11-12H2,1-6H3,(H,23,24);2*7-12H,13H2,1-6H3;5-10,20H,11-12H2,1-4H3,(H,21,22);5-12H,13H2,1-4H3. The molecule has 18 nitrogen and oxygen atoms in total. The molecule has 0 aliphatic rings. The van der Waals surface area contributed by atoms with Gasteiger partial charge < -0.3 is 30.2 Å². The Morgan fingerprint density at radius 2 is 0.543 bits per heavy atom. The maximum Gasteiger partial charge on any atom is 0.252 e. The Bertz CT molecular complexity index is 6250. The first-order chi connectivity index (χ1) is 66.4. The number of carbonyl (C=O) groups excluding carboxylic acids is 3. The highest BCUT2D eigenvalue weighted by molar-refractivity contribution is 5.97. The van der Waals surface area contributed by atoms with Gasteiger partial charge in [-0.25, -0.2) is 0 Å². The van der Waals surface area contributed by atoms with Crippen molar-refractivity contribution in [3.8, 4) is 17.2 Å². The largest absolute Gasteiger partial charge is 0.478 e. The quantitative estimate of drug-likeness (QED) is 0.0143. The maximum atomic E-state index is 12.3. The van der Waals surface area contributed by atoms with Gasteiger partial charge in [-0.15, -0.1) is 0 Å². The van der Waals surface area contributed by atoms with E-state index in [2.05, 4.69) is 332 Å². The molecule has 0 saturated carbocycles. The second kappa shape index (κ2) is 56.4. The fourth-order valence-electron chi connectivity index (χ4n) is 14.7. The molecule has 0 spiro atoms. The van der Waals surface area contributed by atoms with Crippen LogP contribution in [0.25, 0.3) is 0 Å². The number of hydrogen-bond acceptors (Lipinski definition) is 15. The van der Waals surface area contributed by atoms with Gasteiger partial charge in [-0.05, 0) is 494 Å². The monoisotopic (exact) mass is 1880 g/mol. The van der Waals surface area contributed by atoms with Gasteiger partial charge in [0, 0.05) is 54.0 Å². The molecule has 3 amide bonds. The van der Waals surface area contributed by atoms with Gasteiger partial charge >= 0.3 is 0 Å². The molecule has 0 aliphatic carbocycles. The van der Waals surface area contributed by atoms with Crippen LogP contribution in [0.3, 0.4) is 0 Å². The van der Waals surface area contributed by atoms with Crippen LogP contribution in [-0.4, -0.2) is 115 Å². The van der Waals surface area contributed by atoms with Crippen LogP contribution in [0.4, 0.5) is 0 Å². The molecule has 0 atom stereocenters. The third-order valence-corrected chi connectivity index (χ3v) is 26.5. The maximum absolute atomic E-state index is 12.3. The van der Waals surface area contributed by atoms with E-state index in [1.807, 2.05) is 159 Å². The number of amides is 3. The Balaban J connectivity index is 0.000000229. The van der Waals surface area contributed by atoms with Crippen molar-refractivity contribution in [1.29, 1.82) is 0 Å². The van der Waals surface area contributed by atoms with E-state index in [4.69, 9.17) is 14.2 Å². The fraction of sp³-hybridized carbons (Fsp3) is 0.336. The smallest absolute Gasteiger partial charge is 0.252 e. The molecule has 0 aromatic heterocycles. The summed E-state index contributed by atoms with van der Waals surface area (Å²) in [6.07, 6.45) is 11.5. The highest BCUT2D eigenvalue weighted by atomic mass is 16.5. The minimum Gasteiger partial charge on any atom is -0.478 e. The number of benzene rings is 12. The third kappa shape index (κ3) is 35.7. The van der Waals surface area contributed by atoms with E-state index >= 15 is 0 Å². The predicted molar refractivity (Wildman–Crippen MR) is 592 cm³/mol. The molecule has 0 heterocycles. The molecule has 0 bridgehead atoms. The van der Waals surface area contributed by atoms with Crippen LogP contribution < -0.4 is 46.1 Å². The van der Waals surface area contributed by atoms with E-state index in [0.717, 1.165) is 78.4 Å². The molecule has 6 N–H and O–H groups in total. The fourth-order valence-corrected chi connectivity index (χ4v) is 14.7. The van der Waals surface area contributed by atoms with E-state index in [9.17, 15) is 14.4 Å². The number of aryl methyl sites for hydroxylation is 24. The van der Waals surface area contributed by atoms with Gasteiger partial charge in [-0.3, -0.25) is 60.3 Å². The number of hydrogen-bond donors (Lipinski definition) is 6. The molecule has 0 aliphatic heterocycles. The summed E-state index contributed by atoms with van der Waals surface area (Å²) in [6, 6.07) is 57.7. The molecule has 140 heavy (non-hydrogen) atoms. The van der Waals surface area contributed by atoms with Gasteiger partial charge in [0.15, 0.2) is 0 Å². The second-order valence-corrected chi connectivity index (χ2v) is 37.0. The van der Waals surface area contributed by atoms with Gasteiger partial charge in [0.05, 0.1) is 20.0 Å². The summed E-state index contributed by atoms with van der Waals surface area (Å²) in [5, 5.41) is 17.8. The minimum absolute atomic E-state index is 0.0736. The SMILES string of the molecule is Cc1cc(C)c(C=NCN=Cc2cc(C)c(C)cc2C)cc1C.Cc1cc(C)c(OCNCNC(=O)c2cc(C)c(C)cc2C)cc1C.Cc1ccc(C=NCN=Cc2ccc(C)c(C)c2)cc1C.Cc1ccc(C=NCN=Cc2ccc(C)c(C)c2C)c(C)c1C.Cc1ccc(OCNCNC(=O)c2ccc(C)c(C)c2)cc1C.Cc1ccc(OCNCNC(=O)c2ccc(C)c(C)c2C)c(C)c1C. The van der Waals surface area contributed by atoms with Crippen LogP contribution >= 0.6 is 0 Å². The average molecular weight is 1880 g/mol.